The molecule has 1 atom stereocenters. The van der Waals surface area contributed by atoms with Gasteiger partial charge in [-0.05, 0) is 93.3 Å². The summed E-state index contributed by atoms with van der Waals surface area (Å²) in [6, 6.07) is 23.9. The van der Waals surface area contributed by atoms with Crippen molar-refractivity contribution in [3.63, 3.8) is 0 Å². The van der Waals surface area contributed by atoms with E-state index in [4.69, 9.17) is 4.74 Å². The van der Waals surface area contributed by atoms with Gasteiger partial charge in [0.2, 0.25) is 11.5 Å². The molecule has 2 aliphatic rings. The van der Waals surface area contributed by atoms with E-state index in [0.29, 0.717) is 41.9 Å². The number of para-hydroxylation sites is 1. The average molecular weight is 710 g/mol. The highest BCUT2D eigenvalue weighted by Gasteiger charge is 2.26. The predicted octanol–water partition coefficient (Wildman–Crippen LogP) is 6.04. The number of carbonyl (C=O) groups is 2. The first-order valence-electron chi connectivity index (χ1n) is 18.7. The number of aliphatic hydroxyl groups excluding tert-OH is 1. The van der Waals surface area contributed by atoms with Gasteiger partial charge < -0.3 is 35.1 Å². The van der Waals surface area contributed by atoms with Crippen LogP contribution in [0.3, 0.4) is 0 Å². The van der Waals surface area contributed by atoms with E-state index in [2.05, 4.69) is 20.5 Å². The Morgan fingerprint density at radius 3 is 2.42 bits per heavy atom. The number of pyridine rings is 1. The molecule has 5 N–H and O–H groups in total. The first-order valence-corrected chi connectivity index (χ1v) is 18.7. The van der Waals surface area contributed by atoms with E-state index >= 15 is 0 Å². The van der Waals surface area contributed by atoms with Crippen LogP contribution in [0.15, 0.2) is 83.7 Å². The summed E-state index contributed by atoms with van der Waals surface area (Å²) < 4.78 is 5.81. The van der Waals surface area contributed by atoms with Crippen LogP contribution in [0.4, 0.5) is 10.5 Å². The van der Waals surface area contributed by atoms with Crippen LogP contribution in [-0.2, 0) is 9.53 Å². The normalized spacial score (nSPS) is 16.5. The van der Waals surface area contributed by atoms with Crippen LogP contribution in [0.5, 0.6) is 5.75 Å². The van der Waals surface area contributed by atoms with Gasteiger partial charge in [-0.1, -0.05) is 54.6 Å². The third-order valence-electron chi connectivity index (χ3n) is 10.5. The quantitative estimate of drug-likeness (QED) is 0.0998. The summed E-state index contributed by atoms with van der Waals surface area (Å²) in [5, 5.41) is 27.6. The zero-order valence-corrected chi connectivity index (χ0v) is 29.8. The standard InChI is InChI=1S/C41H51N5O6/c47-36-15-13-33(34-14-16-38(49)44-40(34)36)37(48)28-42-22-7-6-12-39(50)46-26-18-29(19-27-46)17-23-45-24-20-31(21-25-45)52-41(51)43-35-11-5-4-10-32(35)30-8-2-1-3-9-30/h1-5,8-11,13-16,29,31,37,42,47-48H,6-7,12,17-28H2,(H,43,51)(H,44,49)/t37-/m0/s1. The Morgan fingerprint density at radius 1 is 0.885 bits per heavy atom. The maximum atomic E-state index is 12.9. The largest absolute Gasteiger partial charge is 0.506 e. The number of hydrogen-bond donors (Lipinski definition) is 5. The van der Waals surface area contributed by atoms with Gasteiger partial charge in [0.1, 0.15) is 11.9 Å². The number of unbranched alkanes of at least 4 members (excludes halogenated alkanes) is 1. The van der Waals surface area contributed by atoms with E-state index in [0.717, 1.165) is 94.5 Å². The summed E-state index contributed by atoms with van der Waals surface area (Å²) in [7, 11) is 0. The lowest BCUT2D eigenvalue weighted by atomic mass is 9.92. The van der Waals surface area contributed by atoms with E-state index in [9.17, 15) is 24.6 Å². The Labute approximate surface area is 305 Å². The molecular weight excluding hydrogens is 658 g/mol. The summed E-state index contributed by atoms with van der Waals surface area (Å²) >= 11 is 0. The molecule has 0 unspecified atom stereocenters. The maximum absolute atomic E-state index is 12.9. The van der Waals surface area contributed by atoms with Gasteiger partial charge in [-0.25, -0.2) is 4.79 Å². The van der Waals surface area contributed by atoms with E-state index in [1.54, 1.807) is 12.1 Å². The molecule has 2 aliphatic heterocycles. The van der Waals surface area contributed by atoms with Gasteiger partial charge in [0.25, 0.3) is 0 Å². The third kappa shape index (κ3) is 9.99. The number of benzene rings is 3. The second kappa shape index (κ2) is 18.2. The van der Waals surface area contributed by atoms with Crippen molar-refractivity contribution in [3.8, 4) is 16.9 Å². The number of hydrogen-bond acceptors (Lipinski definition) is 8. The lowest BCUT2D eigenvalue weighted by Crippen LogP contribution is -2.41. The van der Waals surface area contributed by atoms with E-state index in [1.165, 1.54) is 12.1 Å². The summed E-state index contributed by atoms with van der Waals surface area (Å²) in [6.45, 7) is 5.51. The molecule has 6 rings (SSSR count). The summed E-state index contributed by atoms with van der Waals surface area (Å²) in [6.07, 6.45) is 5.70. The van der Waals surface area contributed by atoms with Crippen molar-refractivity contribution in [1.29, 1.82) is 0 Å². The summed E-state index contributed by atoms with van der Waals surface area (Å²) in [5.74, 6) is 0.808. The van der Waals surface area contributed by atoms with E-state index in [-0.39, 0.29) is 23.3 Å². The fraction of sp³-hybridized carbons (Fsp3) is 0.439. The Kier molecular flexibility index (Phi) is 12.9. The minimum Gasteiger partial charge on any atom is -0.506 e. The molecule has 0 radical (unpaired) electrons. The molecule has 0 saturated carbocycles. The van der Waals surface area contributed by atoms with Crippen LogP contribution in [-0.4, -0.2) is 88.9 Å². The highest BCUT2D eigenvalue weighted by atomic mass is 16.6. The van der Waals surface area contributed by atoms with Gasteiger partial charge >= 0.3 is 6.09 Å². The number of phenolic OH excluding ortho intramolecular Hbond substituents is 1. The molecule has 1 aromatic heterocycles. The highest BCUT2D eigenvalue weighted by molar-refractivity contribution is 5.91. The number of H-pyrrole nitrogens is 1. The highest BCUT2D eigenvalue weighted by Crippen LogP contribution is 2.30. The van der Waals surface area contributed by atoms with Crippen molar-refractivity contribution < 1.29 is 24.5 Å². The number of piperidine rings is 2. The number of fused-ring (bicyclic) bond motifs is 1. The third-order valence-corrected chi connectivity index (χ3v) is 10.5. The Bertz CT molecular complexity index is 1830. The minimum atomic E-state index is -0.800. The molecule has 3 aromatic carbocycles. The number of nitrogens with zero attached hydrogens (tertiary/aromatic N) is 2. The van der Waals surface area contributed by atoms with Crippen molar-refractivity contribution in [2.24, 2.45) is 5.92 Å². The van der Waals surface area contributed by atoms with Gasteiger partial charge in [-0.15, -0.1) is 0 Å². The number of ether oxygens (including phenoxy) is 1. The fourth-order valence-electron chi connectivity index (χ4n) is 7.42. The SMILES string of the molecule is O=C(Nc1ccccc1-c1ccccc1)OC1CCN(CCC2CCN(C(=O)CCCCNC[C@H](O)c3ccc(O)c4[nH]c(=O)ccc34)CC2)CC1. The van der Waals surface area contributed by atoms with Gasteiger partial charge in [0.05, 0.1) is 17.3 Å². The minimum absolute atomic E-state index is 0.0324. The Morgan fingerprint density at radius 2 is 1.63 bits per heavy atom. The molecule has 11 heteroatoms. The average Bonchev–Trinajstić information content (AvgIpc) is 3.17. The second-order valence-corrected chi connectivity index (χ2v) is 14.1. The molecule has 0 bridgehead atoms. The van der Waals surface area contributed by atoms with Crippen LogP contribution >= 0.6 is 0 Å². The number of nitrogens with one attached hydrogen (secondary N) is 3. The van der Waals surface area contributed by atoms with Crippen LogP contribution in [0, 0.1) is 5.92 Å². The molecule has 0 aliphatic carbocycles. The number of aromatic amines is 1. The number of rotatable bonds is 14. The number of amides is 2. The molecule has 11 nitrogen and oxygen atoms in total. The molecule has 2 amide bonds. The molecule has 0 spiro atoms. The van der Waals surface area contributed by atoms with Crippen molar-refractivity contribution in [2.45, 2.75) is 63.6 Å². The molecule has 4 aromatic rings. The number of likely N-dealkylation sites (tertiary alicyclic amines) is 2. The van der Waals surface area contributed by atoms with Crippen molar-refractivity contribution in [3.05, 3.63) is 94.8 Å². The zero-order valence-electron chi connectivity index (χ0n) is 29.8. The van der Waals surface area contributed by atoms with Crippen molar-refractivity contribution in [2.75, 3.05) is 51.1 Å². The van der Waals surface area contributed by atoms with E-state index < -0.39 is 12.2 Å². The monoisotopic (exact) mass is 709 g/mol. The number of aromatic hydroxyl groups is 1. The van der Waals surface area contributed by atoms with Gasteiger partial charge in [-0.2, -0.15) is 0 Å². The molecule has 52 heavy (non-hydrogen) atoms. The molecule has 2 fully saturated rings. The second-order valence-electron chi connectivity index (χ2n) is 14.1. The zero-order chi connectivity index (χ0) is 36.3. The number of aromatic nitrogens is 1. The molecule has 3 heterocycles. The number of anilines is 1. The lowest BCUT2D eigenvalue weighted by Gasteiger charge is -2.35. The van der Waals surface area contributed by atoms with Gasteiger partial charge in [0, 0.05) is 56.2 Å². The van der Waals surface area contributed by atoms with Crippen molar-refractivity contribution in [1.82, 2.24) is 20.1 Å². The smallest absolute Gasteiger partial charge is 0.411 e. The van der Waals surface area contributed by atoms with E-state index in [1.807, 2.05) is 59.5 Å². The number of aliphatic hydroxyl groups is 1. The van der Waals surface area contributed by atoms with Crippen LogP contribution < -0.4 is 16.2 Å². The summed E-state index contributed by atoms with van der Waals surface area (Å²) in [4.78, 5) is 44.4. The number of carbonyl (C=O) groups excluding carboxylic acids is 2. The number of phenols is 1. The topological polar surface area (TPSA) is 147 Å². The van der Waals surface area contributed by atoms with Crippen molar-refractivity contribution >= 4 is 28.6 Å². The van der Waals surface area contributed by atoms with Crippen LogP contribution in [0.1, 0.15) is 63.0 Å². The molecule has 2 saturated heterocycles. The molecule has 276 valence electrons. The Balaban J connectivity index is 0.813. The fourth-order valence-corrected chi connectivity index (χ4v) is 7.42. The van der Waals surface area contributed by atoms with Gasteiger partial charge in [-0.3, -0.25) is 14.9 Å². The Hall–Kier alpha value is -4.71. The molecular formula is C41H51N5O6. The maximum Gasteiger partial charge on any atom is 0.411 e. The lowest BCUT2D eigenvalue weighted by molar-refractivity contribution is -0.132. The first kappa shape index (κ1) is 37.1. The summed E-state index contributed by atoms with van der Waals surface area (Å²) in [5.41, 5.74) is 3.39. The first-order chi connectivity index (χ1) is 25.3. The van der Waals surface area contributed by atoms with Crippen LogP contribution in [0.2, 0.25) is 0 Å². The van der Waals surface area contributed by atoms with Crippen LogP contribution in [0.25, 0.3) is 22.0 Å². The predicted molar refractivity (Wildman–Crippen MR) is 203 cm³/mol. The van der Waals surface area contributed by atoms with Gasteiger partial charge in [0.15, 0.2) is 0 Å².